The number of carbonyl (C=O) groups is 2. The predicted molar refractivity (Wildman–Crippen MR) is 87.1 cm³/mol. The molecule has 1 amide bonds. The SMILES string of the molecule is O=C(/C=C/c1ccc2[nH]c(C(=O)c3ccccc3)cc2c1)NO. The zero-order valence-corrected chi connectivity index (χ0v) is 12.1. The molecular weight excluding hydrogens is 292 g/mol. The average molecular weight is 306 g/mol. The minimum atomic E-state index is -0.598. The largest absolute Gasteiger partial charge is 0.352 e. The molecule has 0 unspecified atom stereocenters. The lowest BCUT2D eigenvalue weighted by atomic mass is 10.1. The Kier molecular flexibility index (Phi) is 4.03. The number of ketones is 1. The number of H-pyrrole nitrogens is 1. The van der Waals surface area contributed by atoms with Crippen LogP contribution in [0.5, 0.6) is 0 Å². The van der Waals surface area contributed by atoms with Crippen molar-refractivity contribution < 1.29 is 14.8 Å². The number of carbonyl (C=O) groups excluding carboxylic acids is 2. The first kappa shape index (κ1) is 14.7. The molecule has 3 rings (SSSR count). The second-order valence-corrected chi connectivity index (χ2v) is 5.03. The summed E-state index contributed by atoms with van der Waals surface area (Å²) < 4.78 is 0. The van der Waals surface area contributed by atoms with Gasteiger partial charge in [0, 0.05) is 22.5 Å². The highest BCUT2D eigenvalue weighted by Crippen LogP contribution is 2.20. The summed E-state index contributed by atoms with van der Waals surface area (Å²) in [5, 5.41) is 9.34. The highest BCUT2D eigenvalue weighted by Gasteiger charge is 2.11. The first-order valence-corrected chi connectivity index (χ1v) is 7.02. The normalized spacial score (nSPS) is 11.0. The second kappa shape index (κ2) is 6.29. The van der Waals surface area contributed by atoms with Crippen LogP contribution in [0.3, 0.4) is 0 Å². The van der Waals surface area contributed by atoms with Crippen LogP contribution >= 0.6 is 0 Å². The molecular formula is C18H14N2O3. The maximum Gasteiger partial charge on any atom is 0.267 e. The van der Waals surface area contributed by atoms with Crippen LogP contribution in [0.2, 0.25) is 0 Å². The number of fused-ring (bicyclic) bond motifs is 1. The van der Waals surface area contributed by atoms with E-state index in [4.69, 9.17) is 5.21 Å². The molecule has 114 valence electrons. The standard InChI is InChI=1S/C18H14N2O3/c21-17(20-23)9-7-12-6-8-15-14(10-12)11-16(19-15)18(22)13-4-2-1-3-5-13/h1-11,19,23H,(H,20,21)/b9-7+. The molecule has 0 aliphatic carbocycles. The molecule has 3 aromatic rings. The molecule has 0 spiro atoms. The molecule has 2 aromatic carbocycles. The van der Waals surface area contributed by atoms with Gasteiger partial charge in [-0.1, -0.05) is 36.4 Å². The molecule has 5 nitrogen and oxygen atoms in total. The summed E-state index contributed by atoms with van der Waals surface area (Å²) in [7, 11) is 0. The van der Waals surface area contributed by atoms with Crippen molar-refractivity contribution in [1.29, 1.82) is 0 Å². The zero-order chi connectivity index (χ0) is 16.2. The molecule has 3 N–H and O–H groups in total. The molecule has 0 saturated heterocycles. The molecule has 0 atom stereocenters. The van der Waals surface area contributed by atoms with E-state index in [1.54, 1.807) is 24.3 Å². The smallest absolute Gasteiger partial charge is 0.267 e. The minimum Gasteiger partial charge on any atom is -0.352 e. The van der Waals surface area contributed by atoms with E-state index in [2.05, 4.69) is 4.98 Å². The van der Waals surface area contributed by atoms with Gasteiger partial charge in [-0.3, -0.25) is 14.8 Å². The molecule has 0 radical (unpaired) electrons. The summed E-state index contributed by atoms with van der Waals surface area (Å²) in [6.07, 6.45) is 2.81. The number of hydroxylamine groups is 1. The summed E-state index contributed by atoms with van der Waals surface area (Å²) in [5.41, 5.74) is 4.30. The summed E-state index contributed by atoms with van der Waals surface area (Å²) >= 11 is 0. The van der Waals surface area contributed by atoms with E-state index in [0.29, 0.717) is 11.3 Å². The van der Waals surface area contributed by atoms with Crippen molar-refractivity contribution in [3.05, 3.63) is 77.5 Å². The van der Waals surface area contributed by atoms with Crippen molar-refractivity contribution in [2.45, 2.75) is 0 Å². The molecule has 0 aliphatic heterocycles. The highest BCUT2D eigenvalue weighted by molar-refractivity contribution is 6.10. The number of aromatic nitrogens is 1. The van der Waals surface area contributed by atoms with Crippen LogP contribution < -0.4 is 5.48 Å². The van der Waals surface area contributed by atoms with E-state index in [0.717, 1.165) is 16.5 Å². The third kappa shape index (κ3) is 3.20. The van der Waals surface area contributed by atoms with Crippen LogP contribution in [0.15, 0.2) is 60.7 Å². The summed E-state index contributed by atoms with van der Waals surface area (Å²) in [6.45, 7) is 0. The molecule has 0 bridgehead atoms. The van der Waals surface area contributed by atoms with Gasteiger partial charge >= 0.3 is 0 Å². The molecule has 5 heteroatoms. The maximum atomic E-state index is 12.4. The third-order valence-corrected chi connectivity index (χ3v) is 3.46. The molecule has 1 heterocycles. The van der Waals surface area contributed by atoms with Crippen LogP contribution in [-0.4, -0.2) is 21.9 Å². The molecule has 1 aromatic heterocycles. The molecule has 23 heavy (non-hydrogen) atoms. The van der Waals surface area contributed by atoms with Crippen molar-refractivity contribution in [3.63, 3.8) is 0 Å². The van der Waals surface area contributed by atoms with Crippen LogP contribution in [-0.2, 0) is 4.79 Å². The van der Waals surface area contributed by atoms with Gasteiger partial charge in [-0.2, -0.15) is 0 Å². The van der Waals surface area contributed by atoms with Gasteiger partial charge in [-0.25, -0.2) is 5.48 Å². The predicted octanol–water partition coefficient (Wildman–Crippen LogP) is 2.92. The number of rotatable bonds is 4. The Balaban J connectivity index is 1.92. The minimum absolute atomic E-state index is 0.0708. The summed E-state index contributed by atoms with van der Waals surface area (Å²) in [4.78, 5) is 26.5. The van der Waals surface area contributed by atoms with E-state index in [1.807, 2.05) is 36.4 Å². The van der Waals surface area contributed by atoms with E-state index in [9.17, 15) is 9.59 Å². The Labute approximate surface area is 132 Å². The van der Waals surface area contributed by atoms with E-state index in [1.165, 1.54) is 11.6 Å². The lowest BCUT2D eigenvalue weighted by Crippen LogP contribution is -2.14. The van der Waals surface area contributed by atoms with Gasteiger partial charge in [0.2, 0.25) is 5.78 Å². The Morgan fingerprint density at radius 1 is 1.04 bits per heavy atom. The van der Waals surface area contributed by atoms with Crippen LogP contribution in [0.4, 0.5) is 0 Å². The van der Waals surface area contributed by atoms with Crippen molar-refractivity contribution >= 4 is 28.7 Å². The summed E-state index contributed by atoms with van der Waals surface area (Å²) in [5.74, 6) is -0.669. The quantitative estimate of drug-likeness (QED) is 0.300. The van der Waals surface area contributed by atoms with Gasteiger partial charge in [-0.05, 0) is 29.8 Å². The molecule has 0 aliphatic rings. The molecule has 0 saturated carbocycles. The van der Waals surface area contributed by atoms with Crippen LogP contribution in [0.25, 0.3) is 17.0 Å². The van der Waals surface area contributed by atoms with Crippen molar-refractivity contribution in [2.75, 3.05) is 0 Å². The highest BCUT2D eigenvalue weighted by atomic mass is 16.5. The fourth-order valence-electron chi connectivity index (χ4n) is 2.33. The first-order chi connectivity index (χ1) is 11.2. The maximum absolute atomic E-state index is 12.4. The van der Waals surface area contributed by atoms with Crippen LogP contribution in [0, 0.1) is 0 Å². The van der Waals surface area contributed by atoms with Crippen molar-refractivity contribution in [1.82, 2.24) is 10.5 Å². The van der Waals surface area contributed by atoms with Crippen molar-refractivity contribution in [3.8, 4) is 0 Å². The van der Waals surface area contributed by atoms with E-state index < -0.39 is 5.91 Å². The number of hydrogen-bond donors (Lipinski definition) is 3. The van der Waals surface area contributed by atoms with Gasteiger partial charge in [-0.15, -0.1) is 0 Å². The van der Waals surface area contributed by atoms with Gasteiger partial charge in [0.1, 0.15) is 0 Å². The van der Waals surface area contributed by atoms with Gasteiger partial charge < -0.3 is 4.98 Å². The summed E-state index contributed by atoms with van der Waals surface area (Å²) in [6, 6.07) is 16.4. The number of benzene rings is 2. The third-order valence-electron chi connectivity index (χ3n) is 3.46. The average Bonchev–Trinajstić information content (AvgIpc) is 3.03. The number of nitrogens with one attached hydrogen (secondary N) is 2. The number of aromatic amines is 1. The Hall–Kier alpha value is -3.18. The van der Waals surface area contributed by atoms with Crippen molar-refractivity contribution in [2.24, 2.45) is 0 Å². The van der Waals surface area contributed by atoms with Gasteiger partial charge in [0.05, 0.1) is 5.69 Å². The lowest BCUT2D eigenvalue weighted by Gasteiger charge is -1.96. The Morgan fingerprint density at radius 2 is 1.83 bits per heavy atom. The van der Waals surface area contributed by atoms with Gasteiger partial charge in [0.25, 0.3) is 5.91 Å². The van der Waals surface area contributed by atoms with Crippen LogP contribution in [0.1, 0.15) is 21.6 Å². The Morgan fingerprint density at radius 3 is 2.57 bits per heavy atom. The fraction of sp³-hybridized carbons (Fsp3) is 0. The number of amides is 1. The Bertz CT molecular complexity index is 895. The first-order valence-electron chi connectivity index (χ1n) is 7.02. The lowest BCUT2D eigenvalue weighted by molar-refractivity contribution is -0.124. The van der Waals surface area contributed by atoms with E-state index in [-0.39, 0.29) is 5.78 Å². The zero-order valence-electron chi connectivity index (χ0n) is 12.1. The van der Waals surface area contributed by atoms with E-state index >= 15 is 0 Å². The monoisotopic (exact) mass is 306 g/mol. The fourth-order valence-corrected chi connectivity index (χ4v) is 2.33. The second-order valence-electron chi connectivity index (χ2n) is 5.03. The topological polar surface area (TPSA) is 82.2 Å². The van der Waals surface area contributed by atoms with Gasteiger partial charge in [0.15, 0.2) is 0 Å². The number of hydrogen-bond acceptors (Lipinski definition) is 3. The molecule has 0 fully saturated rings.